The highest BCUT2D eigenvalue weighted by Gasteiger charge is 2.19. The summed E-state index contributed by atoms with van der Waals surface area (Å²) in [5.41, 5.74) is 3.83. The fraction of sp³-hybridized carbons (Fsp3) is 0.562. The van der Waals surface area contributed by atoms with Gasteiger partial charge in [0.15, 0.2) is 0 Å². The van der Waals surface area contributed by atoms with E-state index in [4.69, 9.17) is 0 Å². The number of nitrogens with one attached hydrogen (secondary N) is 1. The third-order valence-corrected chi connectivity index (χ3v) is 4.20. The molecule has 0 aromatic carbocycles. The molecular weight excluding hydrogens is 280 g/mol. The van der Waals surface area contributed by atoms with Gasteiger partial charge in [-0.15, -0.1) is 0 Å². The lowest BCUT2D eigenvalue weighted by molar-refractivity contribution is 0.424. The van der Waals surface area contributed by atoms with Crippen molar-refractivity contribution in [2.24, 2.45) is 7.05 Å². The van der Waals surface area contributed by atoms with Crippen molar-refractivity contribution in [1.29, 1.82) is 0 Å². The molecular formula is C16H26N4S. The van der Waals surface area contributed by atoms with E-state index in [0.717, 1.165) is 18.8 Å². The molecule has 2 heterocycles. The van der Waals surface area contributed by atoms with Gasteiger partial charge < -0.3 is 10.2 Å². The number of hydrogen-bond donors (Lipinski definition) is 1. The number of aromatic nitrogens is 2. The van der Waals surface area contributed by atoms with Gasteiger partial charge in [0.2, 0.25) is 0 Å². The summed E-state index contributed by atoms with van der Waals surface area (Å²) in [6, 6.07) is 2.18. The predicted octanol–water partition coefficient (Wildman–Crippen LogP) is 3.31. The average molecular weight is 306 g/mol. The van der Waals surface area contributed by atoms with Crippen molar-refractivity contribution in [2.75, 3.05) is 11.9 Å². The van der Waals surface area contributed by atoms with Crippen LogP contribution in [0.3, 0.4) is 0 Å². The summed E-state index contributed by atoms with van der Waals surface area (Å²) >= 11 is 1.74. The lowest BCUT2D eigenvalue weighted by atomic mass is 10.1. The van der Waals surface area contributed by atoms with Crippen LogP contribution in [0.25, 0.3) is 0 Å². The molecule has 1 N–H and O–H groups in total. The molecule has 0 saturated heterocycles. The van der Waals surface area contributed by atoms with Crippen molar-refractivity contribution in [3.63, 3.8) is 0 Å². The Bertz CT molecular complexity index is 578. The van der Waals surface area contributed by atoms with E-state index in [9.17, 15) is 0 Å². The monoisotopic (exact) mass is 306 g/mol. The molecule has 2 rings (SSSR count). The van der Waals surface area contributed by atoms with E-state index < -0.39 is 0 Å². The van der Waals surface area contributed by atoms with Gasteiger partial charge in [0.25, 0.3) is 0 Å². The summed E-state index contributed by atoms with van der Waals surface area (Å²) in [6.07, 6.45) is 0. The van der Waals surface area contributed by atoms with Crippen molar-refractivity contribution < 1.29 is 0 Å². The Morgan fingerprint density at radius 3 is 2.67 bits per heavy atom. The van der Waals surface area contributed by atoms with Crippen molar-refractivity contribution in [1.82, 2.24) is 15.1 Å². The summed E-state index contributed by atoms with van der Waals surface area (Å²) in [6.45, 7) is 10.4. The Balaban J connectivity index is 2.21. The van der Waals surface area contributed by atoms with E-state index in [1.54, 1.807) is 11.3 Å². The van der Waals surface area contributed by atoms with Gasteiger partial charge >= 0.3 is 0 Å². The highest BCUT2D eigenvalue weighted by molar-refractivity contribution is 7.07. The van der Waals surface area contributed by atoms with E-state index >= 15 is 0 Å². The van der Waals surface area contributed by atoms with E-state index in [2.05, 4.69) is 66.9 Å². The van der Waals surface area contributed by atoms with E-state index in [-0.39, 0.29) is 5.54 Å². The highest BCUT2D eigenvalue weighted by Crippen LogP contribution is 2.24. The third kappa shape index (κ3) is 4.08. The first-order valence-corrected chi connectivity index (χ1v) is 8.22. The molecule has 2 aromatic heterocycles. The first kappa shape index (κ1) is 16.0. The normalized spacial score (nSPS) is 11.9. The summed E-state index contributed by atoms with van der Waals surface area (Å²) in [4.78, 5) is 2.28. The van der Waals surface area contributed by atoms with Crippen LogP contribution >= 0.6 is 11.3 Å². The minimum Gasteiger partial charge on any atom is -0.355 e. The summed E-state index contributed by atoms with van der Waals surface area (Å²) in [5.74, 6) is 1.19. The van der Waals surface area contributed by atoms with Gasteiger partial charge in [-0.05, 0) is 50.1 Å². The zero-order valence-corrected chi connectivity index (χ0v) is 14.7. The number of nitrogens with zero attached hydrogens (tertiary/aromatic N) is 3. The van der Waals surface area contributed by atoms with Crippen LogP contribution in [0.4, 0.5) is 5.82 Å². The van der Waals surface area contributed by atoms with Crippen LogP contribution in [0.1, 0.15) is 37.6 Å². The van der Waals surface area contributed by atoms with Gasteiger partial charge in [-0.1, -0.05) is 0 Å². The second-order valence-corrected chi connectivity index (χ2v) is 7.38. The van der Waals surface area contributed by atoms with Crippen molar-refractivity contribution in [3.8, 4) is 0 Å². The summed E-state index contributed by atoms with van der Waals surface area (Å²) in [5, 5.41) is 12.5. The van der Waals surface area contributed by atoms with Crippen LogP contribution in [-0.4, -0.2) is 22.4 Å². The van der Waals surface area contributed by atoms with Gasteiger partial charge in [0.1, 0.15) is 5.82 Å². The van der Waals surface area contributed by atoms with Crippen LogP contribution < -0.4 is 10.2 Å². The molecule has 0 aliphatic heterocycles. The van der Waals surface area contributed by atoms with Crippen molar-refractivity contribution in [2.45, 2.75) is 46.3 Å². The lowest BCUT2D eigenvalue weighted by Crippen LogP contribution is -2.35. The van der Waals surface area contributed by atoms with Crippen molar-refractivity contribution in [3.05, 3.63) is 33.6 Å². The second kappa shape index (κ2) is 6.20. The fourth-order valence-electron chi connectivity index (χ4n) is 2.46. The van der Waals surface area contributed by atoms with Crippen LogP contribution in [-0.2, 0) is 20.1 Å². The predicted molar refractivity (Wildman–Crippen MR) is 91.0 cm³/mol. The topological polar surface area (TPSA) is 33.1 Å². The summed E-state index contributed by atoms with van der Waals surface area (Å²) < 4.78 is 1.99. The SMILES string of the molecule is Cc1nn(C)c(N(C)Cc2ccsc2)c1CNC(C)(C)C. The number of aryl methyl sites for hydroxylation is 2. The first-order chi connectivity index (χ1) is 9.78. The van der Waals surface area contributed by atoms with Gasteiger partial charge in [0, 0.05) is 38.3 Å². The number of anilines is 1. The molecule has 21 heavy (non-hydrogen) atoms. The molecule has 5 heteroatoms. The van der Waals surface area contributed by atoms with Gasteiger partial charge in [-0.2, -0.15) is 16.4 Å². The number of rotatable bonds is 5. The molecule has 0 atom stereocenters. The highest BCUT2D eigenvalue weighted by atomic mass is 32.1. The molecule has 0 bridgehead atoms. The fourth-order valence-corrected chi connectivity index (χ4v) is 3.12. The second-order valence-electron chi connectivity index (χ2n) is 6.60. The number of thiophene rings is 1. The Labute approximate surface area is 131 Å². The van der Waals surface area contributed by atoms with Gasteiger partial charge in [-0.25, -0.2) is 0 Å². The zero-order valence-electron chi connectivity index (χ0n) is 13.9. The Hall–Kier alpha value is -1.33. The van der Waals surface area contributed by atoms with Crippen LogP contribution in [0.15, 0.2) is 16.8 Å². The zero-order chi connectivity index (χ0) is 15.6. The molecule has 0 spiro atoms. The molecule has 0 fully saturated rings. The molecule has 0 aliphatic rings. The standard InChI is InChI=1S/C16H26N4S/c1-12-14(9-17-16(2,3)4)15(20(6)18-12)19(5)10-13-7-8-21-11-13/h7-8,11,17H,9-10H2,1-6H3. The molecule has 0 radical (unpaired) electrons. The molecule has 116 valence electrons. The Morgan fingerprint density at radius 2 is 2.10 bits per heavy atom. The van der Waals surface area contributed by atoms with Crippen LogP contribution in [0.2, 0.25) is 0 Å². The molecule has 0 aliphatic carbocycles. The maximum Gasteiger partial charge on any atom is 0.131 e. The minimum absolute atomic E-state index is 0.103. The lowest BCUT2D eigenvalue weighted by Gasteiger charge is -2.24. The third-order valence-electron chi connectivity index (χ3n) is 3.47. The quantitative estimate of drug-likeness (QED) is 0.920. The van der Waals surface area contributed by atoms with Gasteiger partial charge in [-0.3, -0.25) is 4.68 Å². The molecule has 4 nitrogen and oxygen atoms in total. The van der Waals surface area contributed by atoms with E-state index in [1.807, 2.05) is 11.7 Å². The van der Waals surface area contributed by atoms with Gasteiger partial charge in [0.05, 0.1) is 5.69 Å². The molecule has 0 amide bonds. The van der Waals surface area contributed by atoms with Crippen LogP contribution in [0.5, 0.6) is 0 Å². The smallest absolute Gasteiger partial charge is 0.131 e. The van der Waals surface area contributed by atoms with E-state index in [1.165, 1.54) is 16.9 Å². The average Bonchev–Trinajstić information content (AvgIpc) is 2.93. The molecule has 2 aromatic rings. The molecule has 0 saturated carbocycles. The van der Waals surface area contributed by atoms with Crippen LogP contribution in [0, 0.1) is 6.92 Å². The van der Waals surface area contributed by atoms with Crippen molar-refractivity contribution >= 4 is 17.2 Å². The van der Waals surface area contributed by atoms with E-state index in [0.29, 0.717) is 0 Å². The summed E-state index contributed by atoms with van der Waals surface area (Å²) in [7, 11) is 4.15. The maximum absolute atomic E-state index is 4.60. The maximum atomic E-state index is 4.60. The first-order valence-electron chi connectivity index (χ1n) is 7.27. The Kier molecular flexibility index (Phi) is 4.74. The largest absolute Gasteiger partial charge is 0.355 e. The Morgan fingerprint density at radius 1 is 1.38 bits per heavy atom. The minimum atomic E-state index is 0.103. The molecule has 0 unspecified atom stereocenters. The number of hydrogen-bond acceptors (Lipinski definition) is 4.